The molecule has 0 radical (unpaired) electrons. The Morgan fingerprint density at radius 1 is 0.964 bits per heavy atom. The van der Waals surface area contributed by atoms with Gasteiger partial charge in [0.1, 0.15) is 11.4 Å². The van der Waals surface area contributed by atoms with E-state index in [1.807, 2.05) is 47.4 Å². The first-order valence-electron chi connectivity index (χ1n) is 9.16. The molecule has 2 heterocycles. The van der Waals surface area contributed by atoms with Gasteiger partial charge in [-0.3, -0.25) is 9.59 Å². The molecular weight excluding hydrogens is 354 g/mol. The maximum atomic E-state index is 13.0. The smallest absolute Gasteiger partial charge is 0.272 e. The molecule has 142 valence electrons. The molecule has 3 N–H and O–H groups in total. The number of nitrogens with zero attached hydrogens (tertiary/aromatic N) is 3. The number of carbonyl (C=O) groups is 2. The fourth-order valence-corrected chi connectivity index (χ4v) is 3.45. The number of H-pyrrole nitrogens is 1. The molecule has 0 unspecified atom stereocenters. The largest absolute Gasteiger partial charge is 0.368 e. The zero-order valence-corrected chi connectivity index (χ0v) is 15.3. The molecule has 0 atom stereocenters. The van der Waals surface area contributed by atoms with Crippen molar-refractivity contribution in [3.8, 4) is 11.3 Å². The van der Waals surface area contributed by atoms with E-state index in [9.17, 15) is 9.59 Å². The Balaban J connectivity index is 1.46. The van der Waals surface area contributed by atoms with Crippen molar-refractivity contribution in [1.82, 2.24) is 14.9 Å². The first-order valence-corrected chi connectivity index (χ1v) is 9.16. The second kappa shape index (κ2) is 7.56. The van der Waals surface area contributed by atoms with Crippen LogP contribution in [0, 0.1) is 0 Å². The lowest BCUT2D eigenvalue weighted by Crippen LogP contribution is -2.49. The van der Waals surface area contributed by atoms with Crippen LogP contribution in [0.25, 0.3) is 11.3 Å². The summed E-state index contributed by atoms with van der Waals surface area (Å²) in [7, 11) is 0. The first-order chi connectivity index (χ1) is 13.6. The number of primary amides is 1. The lowest BCUT2D eigenvalue weighted by molar-refractivity contribution is 0.0742. The van der Waals surface area contributed by atoms with Crippen molar-refractivity contribution >= 4 is 17.5 Å². The highest BCUT2D eigenvalue weighted by molar-refractivity contribution is 5.98. The third kappa shape index (κ3) is 3.46. The normalized spacial score (nSPS) is 14.1. The maximum absolute atomic E-state index is 13.0. The van der Waals surface area contributed by atoms with Gasteiger partial charge in [-0.25, -0.2) is 4.98 Å². The van der Waals surface area contributed by atoms with E-state index in [0.29, 0.717) is 43.1 Å². The van der Waals surface area contributed by atoms with Crippen LogP contribution in [-0.2, 0) is 0 Å². The topological polar surface area (TPSA) is 95.3 Å². The van der Waals surface area contributed by atoms with Gasteiger partial charge >= 0.3 is 0 Å². The Morgan fingerprint density at radius 3 is 2.43 bits per heavy atom. The predicted octanol–water partition coefficient (Wildman–Crippen LogP) is 2.14. The number of hydrogen-bond donors (Lipinski definition) is 2. The van der Waals surface area contributed by atoms with E-state index in [1.54, 1.807) is 18.5 Å². The van der Waals surface area contributed by atoms with Gasteiger partial charge in [0.25, 0.3) is 5.91 Å². The van der Waals surface area contributed by atoms with Crippen molar-refractivity contribution in [1.29, 1.82) is 0 Å². The van der Waals surface area contributed by atoms with E-state index in [0.717, 1.165) is 11.3 Å². The van der Waals surface area contributed by atoms with Crippen LogP contribution in [0.4, 0.5) is 5.69 Å². The summed E-state index contributed by atoms with van der Waals surface area (Å²) in [6, 6.07) is 16.9. The highest BCUT2D eigenvalue weighted by Crippen LogP contribution is 2.23. The molecule has 1 aromatic heterocycles. The van der Waals surface area contributed by atoms with Gasteiger partial charge in [-0.05, 0) is 18.2 Å². The highest BCUT2D eigenvalue weighted by Gasteiger charge is 2.26. The molecule has 0 bridgehead atoms. The zero-order valence-electron chi connectivity index (χ0n) is 15.3. The SMILES string of the molecule is NC(=O)c1cccc(N2CCN(C(=O)c3[nH]cnc3-c3ccccc3)CC2)c1. The lowest BCUT2D eigenvalue weighted by atomic mass is 10.1. The van der Waals surface area contributed by atoms with E-state index < -0.39 is 5.91 Å². The molecule has 1 fully saturated rings. The summed E-state index contributed by atoms with van der Waals surface area (Å²) in [5.74, 6) is -0.495. The molecule has 0 saturated carbocycles. The van der Waals surface area contributed by atoms with E-state index in [2.05, 4.69) is 14.9 Å². The van der Waals surface area contributed by atoms with Crippen molar-refractivity contribution in [2.45, 2.75) is 0 Å². The summed E-state index contributed by atoms with van der Waals surface area (Å²) in [5, 5.41) is 0. The summed E-state index contributed by atoms with van der Waals surface area (Å²) >= 11 is 0. The Kier molecular flexibility index (Phi) is 4.80. The third-order valence-electron chi connectivity index (χ3n) is 4.96. The van der Waals surface area contributed by atoms with Gasteiger partial charge in [0.05, 0.1) is 6.33 Å². The van der Waals surface area contributed by atoms with Crippen LogP contribution in [0.15, 0.2) is 60.9 Å². The van der Waals surface area contributed by atoms with Crippen LogP contribution in [-0.4, -0.2) is 52.9 Å². The number of piperazine rings is 1. The van der Waals surface area contributed by atoms with Crippen molar-refractivity contribution in [2.24, 2.45) is 5.73 Å². The summed E-state index contributed by atoms with van der Waals surface area (Å²) < 4.78 is 0. The number of nitrogens with two attached hydrogens (primary N) is 1. The Hall–Kier alpha value is -3.61. The molecule has 0 spiro atoms. The van der Waals surface area contributed by atoms with Gasteiger partial charge in [0.2, 0.25) is 5.91 Å². The number of aromatic amines is 1. The second-order valence-corrected chi connectivity index (χ2v) is 6.69. The number of amides is 2. The molecule has 1 saturated heterocycles. The molecular formula is C21H21N5O2. The second-order valence-electron chi connectivity index (χ2n) is 6.69. The number of aromatic nitrogens is 2. The third-order valence-corrected chi connectivity index (χ3v) is 4.96. The fourth-order valence-electron chi connectivity index (χ4n) is 3.45. The van der Waals surface area contributed by atoms with Gasteiger partial charge in [-0.2, -0.15) is 0 Å². The van der Waals surface area contributed by atoms with E-state index in [1.165, 1.54) is 0 Å². The number of carbonyl (C=O) groups excluding carboxylic acids is 2. The number of nitrogens with one attached hydrogen (secondary N) is 1. The van der Waals surface area contributed by atoms with Gasteiger partial charge < -0.3 is 20.5 Å². The van der Waals surface area contributed by atoms with Crippen LogP contribution in [0.2, 0.25) is 0 Å². The Bertz CT molecular complexity index is 991. The van der Waals surface area contributed by atoms with Crippen molar-refractivity contribution in [2.75, 3.05) is 31.1 Å². The molecule has 7 nitrogen and oxygen atoms in total. The van der Waals surface area contributed by atoms with Crippen LogP contribution < -0.4 is 10.6 Å². The van der Waals surface area contributed by atoms with Crippen molar-refractivity contribution < 1.29 is 9.59 Å². The van der Waals surface area contributed by atoms with Crippen molar-refractivity contribution in [3.05, 3.63) is 72.2 Å². The van der Waals surface area contributed by atoms with Crippen LogP contribution in [0.3, 0.4) is 0 Å². The summed E-state index contributed by atoms with van der Waals surface area (Å²) in [6.07, 6.45) is 1.56. The predicted molar refractivity (Wildman–Crippen MR) is 107 cm³/mol. The lowest BCUT2D eigenvalue weighted by Gasteiger charge is -2.36. The minimum absolute atomic E-state index is 0.0538. The summed E-state index contributed by atoms with van der Waals surface area (Å²) in [4.78, 5) is 35.7. The van der Waals surface area contributed by atoms with Crippen LogP contribution in [0.1, 0.15) is 20.8 Å². The van der Waals surface area contributed by atoms with Gasteiger partial charge in [0.15, 0.2) is 0 Å². The molecule has 4 rings (SSSR count). The quantitative estimate of drug-likeness (QED) is 0.730. The molecule has 3 aromatic rings. The molecule has 28 heavy (non-hydrogen) atoms. The van der Waals surface area contributed by atoms with Crippen LogP contribution in [0.5, 0.6) is 0 Å². The Morgan fingerprint density at radius 2 is 1.71 bits per heavy atom. The average molecular weight is 375 g/mol. The van der Waals surface area contributed by atoms with Crippen LogP contribution >= 0.6 is 0 Å². The van der Waals surface area contributed by atoms with E-state index in [-0.39, 0.29) is 5.91 Å². The summed E-state index contributed by atoms with van der Waals surface area (Å²) in [5.41, 5.74) is 8.89. The molecule has 2 aromatic carbocycles. The summed E-state index contributed by atoms with van der Waals surface area (Å²) in [6.45, 7) is 2.55. The van der Waals surface area contributed by atoms with Gasteiger partial charge in [-0.1, -0.05) is 36.4 Å². The Labute approximate surface area is 162 Å². The van der Waals surface area contributed by atoms with Gasteiger partial charge in [-0.15, -0.1) is 0 Å². The first kappa shape index (κ1) is 17.8. The molecule has 7 heteroatoms. The number of imidazole rings is 1. The number of rotatable bonds is 4. The molecule has 2 amide bonds. The number of anilines is 1. The van der Waals surface area contributed by atoms with Gasteiger partial charge in [0, 0.05) is 43.0 Å². The van der Waals surface area contributed by atoms with Crippen molar-refractivity contribution in [3.63, 3.8) is 0 Å². The standard InChI is InChI=1S/C21H21N5O2/c22-20(27)16-7-4-8-17(13-16)25-9-11-26(12-10-25)21(28)19-18(23-14-24-19)15-5-2-1-3-6-15/h1-8,13-14H,9-12H2,(H2,22,27)(H,23,24). The molecule has 1 aliphatic heterocycles. The number of hydrogen-bond acceptors (Lipinski definition) is 4. The average Bonchev–Trinajstić information content (AvgIpc) is 3.24. The number of benzene rings is 2. The zero-order chi connectivity index (χ0) is 19.5. The fraction of sp³-hybridized carbons (Fsp3) is 0.190. The highest BCUT2D eigenvalue weighted by atomic mass is 16.2. The maximum Gasteiger partial charge on any atom is 0.272 e. The monoisotopic (exact) mass is 375 g/mol. The molecule has 0 aliphatic carbocycles. The van der Waals surface area contributed by atoms with E-state index >= 15 is 0 Å². The minimum atomic E-state index is -0.441. The van der Waals surface area contributed by atoms with E-state index in [4.69, 9.17) is 5.73 Å². The minimum Gasteiger partial charge on any atom is -0.368 e. The molecule has 1 aliphatic rings.